The van der Waals surface area contributed by atoms with E-state index in [0.29, 0.717) is 5.25 Å². The van der Waals surface area contributed by atoms with E-state index in [-0.39, 0.29) is 0 Å². The molecule has 0 aromatic carbocycles. The fourth-order valence-corrected chi connectivity index (χ4v) is 4.14. The largest absolute Gasteiger partial charge is 0.254 e. The van der Waals surface area contributed by atoms with Gasteiger partial charge in [-0.15, -0.1) is 11.8 Å². The van der Waals surface area contributed by atoms with Gasteiger partial charge in [-0.05, 0) is 20.8 Å². The van der Waals surface area contributed by atoms with E-state index in [1.165, 1.54) is 5.57 Å². The first kappa shape index (κ1) is 8.34. The highest BCUT2D eigenvalue weighted by atomic mass is 32.2. The molecule has 0 aromatic rings. The Labute approximate surface area is 68.7 Å². The molecule has 0 aliphatic carbocycles. The Morgan fingerprint density at radius 2 is 2.30 bits per heavy atom. The van der Waals surface area contributed by atoms with E-state index in [2.05, 4.69) is 0 Å². The zero-order valence-electron chi connectivity index (χ0n) is 6.51. The van der Waals surface area contributed by atoms with Crippen molar-refractivity contribution in [1.29, 1.82) is 0 Å². The van der Waals surface area contributed by atoms with E-state index in [1.54, 1.807) is 11.8 Å². The van der Waals surface area contributed by atoms with Crippen molar-refractivity contribution in [2.75, 3.05) is 5.75 Å². The summed E-state index contributed by atoms with van der Waals surface area (Å²) in [5, 5.41) is 0.356. The Morgan fingerprint density at radius 3 is 2.50 bits per heavy atom. The van der Waals surface area contributed by atoms with Crippen LogP contribution in [0.1, 0.15) is 20.8 Å². The van der Waals surface area contributed by atoms with E-state index >= 15 is 0 Å². The van der Waals surface area contributed by atoms with Crippen LogP contribution in [0.4, 0.5) is 0 Å². The molecule has 0 saturated carbocycles. The zero-order chi connectivity index (χ0) is 7.72. The molecule has 0 aromatic heterocycles. The Balaban J connectivity index is 2.86. The summed E-state index contributed by atoms with van der Waals surface area (Å²) in [6.45, 7) is 6.09. The number of hydrogen-bond donors (Lipinski definition) is 0. The molecule has 0 radical (unpaired) electrons. The summed E-state index contributed by atoms with van der Waals surface area (Å²) in [7, 11) is -0.693. The molecule has 2 atom stereocenters. The van der Waals surface area contributed by atoms with Crippen LogP contribution in [0.3, 0.4) is 0 Å². The van der Waals surface area contributed by atoms with E-state index in [0.717, 1.165) is 9.99 Å². The molecule has 1 unspecified atom stereocenters. The lowest BCUT2D eigenvalue weighted by Gasteiger charge is -1.97. The minimum Gasteiger partial charge on any atom is -0.254 e. The maximum Gasteiger partial charge on any atom is 0.0705 e. The molecule has 1 nitrogen and oxygen atoms in total. The fraction of sp³-hybridized carbons (Fsp3) is 0.714. The standard InChI is InChI=1S/C7H12OS2/c1-5(2)7-9-4-6(3)10(7)8/h6H,4H2,1-3H3/t6-,10?/m1/s1. The van der Waals surface area contributed by atoms with Crippen molar-refractivity contribution in [1.82, 2.24) is 0 Å². The van der Waals surface area contributed by atoms with Crippen LogP contribution in [0, 0.1) is 0 Å². The van der Waals surface area contributed by atoms with Gasteiger partial charge in [0.25, 0.3) is 0 Å². The third-order valence-corrected chi connectivity index (χ3v) is 5.47. The lowest BCUT2D eigenvalue weighted by molar-refractivity contribution is 0.683. The third kappa shape index (κ3) is 1.45. The van der Waals surface area contributed by atoms with Gasteiger partial charge in [-0.3, -0.25) is 4.21 Å². The summed E-state index contributed by atoms with van der Waals surface area (Å²) in [6.07, 6.45) is 0. The summed E-state index contributed by atoms with van der Waals surface area (Å²) >= 11 is 1.75. The van der Waals surface area contributed by atoms with Crippen LogP contribution >= 0.6 is 11.8 Å². The Hall–Kier alpha value is 0.240. The topological polar surface area (TPSA) is 17.1 Å². The molecule has 0 N–H and O–H groups in total. The molecule has 3 heteroatoms. The summed E-state index contributed by atoms with van der Waals surface area (Å²) < 4.78 is 12.5. The number of allylic oxidation sites excluding steroid dienone is 1. The number of hydrogen-bond acceptors (Lipinski definition) is 2. The first-order valence-electron chi connectivity index (χ1n) is 3.33. The van der Waals surface area contributed by atoms with Crippen molar-refractivity contribution < 1.29 is 4.21 Å². The van der Waals surface area contributed by atoms with E-state index in [9.17, 15) is 4.21 Å². The molecule has 1 fully saturated rings. The molecule has 1 aliphatic rings. The normalized spacial score (nSPS) is 32.9. The van der Waals surface area contributed by atoms with Gasteiger partial charge in [0.05, 0.1) is 15.0 Å². The average Bonchev–Trinajstić information content (AvgIpc) is 2.14. The number of thioether (sulfide) groups is 1. The number of rotatable bonds is 0. The van der Waals surface area contributed by atoms with E-state index < -0.39 is 10.8 Å². The van der Waals surface area contributed by atoms with Gasteiger partial charge in [0.15, 0.2) is 0 Å². The highest BCUT2D eigenvalue weighted by Gasteiger charge is 2.25. The van der Waals surface area contributed by atoms with Gasteiger partial charge in [-0.1, -0.05) is 5.57 Å². The monoisotopic (exact) mass is 176 g/mol. The van der Waals surface area contributed by atoms with Crippen LogP contribution in [-0.4, -0.2) is 15.2 Å². The smallest absolute Gasteiger partial charge is 0.0705 e. The average molecular weight is 176 g/mol. The molecule has 1 heterocycles. The van der Waals surface area contributed by atoms with Gasteiger partial charge in [0.2, 0.25) is 0 Å². The summed E-state index contributed by atoms with van der Waals surface area (Å²) in [6, 6.07) is 0. The molecular formula is C7H12OS2. The second-order valence-electron chi connectivity index (χ2n) is 2.71. The second-order valence-corrected chi connectivity index (χ2v) is 5.80. The first-order chi connectivity index (χ1) is 4.63. The lowest BCUT2D eigenvalue weighted by Crippen LogP contribution is -2.04. The van der Waals surface area contributed by atoms with Gasteiger partial charge in [-0.2, -0.15) is 0 Å². The van der Waals surface area contributed by atoms with Gasteiger partial charge < -0.3 is 0 Å². The molecule has 0 amide bonds. The van der Waals surface area contributed by atoms with Crippen molar-refractivity contribution in [2.24, 2.45) is 0 Å². The van der Waals surface area contributed by atoms with Gasteiger partial charge in [0, 0.05) is 11.0 Å². The van der Waals surface area contributed by atoms with E-state index in [1.807, 2.05) is 20.8 Å². The van der Waals surface area contributed by atoms with Crippen LogP contribution in [0.5, 0.6) is 0 Å². The predicted molar refractivity (Wildman–Crippen MR) is 48.4 cm³/mol. The molecule has 10 heavy (non-hydrogen) atoms. The second kappa shape index (κ2) is 3.09. The van der Waals surface area contributed by atoms with Crippen molar-refractivity contribution in [3.05, 3.63) is 9.81 Å². The Morgan fingerprint density at radius 1 is 1.70 bits per heavy atom. The van der Waals surface area contributed by atoms with Crippen LogP contribution in [0.15, 0.2) is 9.81 Å². The fourth-order valence-electron chi connectivity index (χ4n) is 0.841. The van der Waals surface area contributed by atoms with Crippen LogP contribution in [0.25, 0.3) is 0 Å². The highest BCUT2D eigenvalue weighted by Crippen LogP contribution is 2.34. The minimum absolute atomic E-state index is 0.356. The maximum absolute atomic E-state index is 11.4. The molecule has 58 valence electrons. The molecule has 0 spiro atoms. The van der Waals surface area contributed by atoms with Crippen molar-refractivity contribution >= 4 is 22.6 Å². The lowest BCUT2D eigenvalue weighted by atomic mass is 10.4. The minimum atomic E-state index is -0.693. The van der Waals surface area contributed by atoms with Gasteiger partial charge in [0.1, 0.15) is 0 Å². The predicted octanol–water partition coefficient (Wildman–Crippen LogP) is 2.12. The SMILES string of the molecule is CC(C)=C1SC[C@@H](C)S1=O. The quantitative estimate of drug-likeness (QED) is 0.562. The van der Waals surface area contributed by atoms with Gasteiger partial charge in [-0.25, -0.2) is 0 Å². The van der Waals surface area contributed by atoms with E-state index in [4.69, 9.17) is 0 Å². The van der Waals surface area contributed by atoms with Crippen molar-refractivity contribution in [3.8, 4) is 0 Å². The Bertz CT molecular complexity index is 192. The van der Waals surface area contributed by atoms with Crippen molar-refractivity contribution in [3.63, 3.8) is 0 Å². The molecule has 1 aliphatic heterocycles. The maximum atomic E-state index is 11.4. The zero-order valence-corrected chi connectivity index (χ0v) is 8.14. The van der Waals surface area contributed by atoms with Gasteiger partial charge >= 0.3 is 0 Å². The van der Waals surface area contributed by atoms with Crippen molar-refractivity contribution in [2.45, 2.75) is 26.0 Å². The summed E-state index contributed by atoms with van der Waals surface area (Å²) in [4.78, 5) is 0. The molecule has 1 saturated heterocycles. The van der Waals surface area contributed by atoms with Crippen LogP contribution in [0.2, 0.25) is 0 Å². The first-order valence-corrected chi connectivity index (χ1v) is 5.53. The molecule has 0 bridgehead atoms. The summed E-state index contributed by atoms with van der Waals surface area (Å²) in [5.41, 5.74) is 1.22. The highest BCUT2D eigenvalue weighted by molar-refractivity contribution is 8.19. The molecule has 1 rings (SSSR count). The van der Waals surface area contributed by atoms with Crippen LogP contribution < -0.4 is 0 Å². The summed E-state index contributed by atoms with van der Waals surface area (Å²) in [5.74, 6) is 1.02. The van der Waals surface area contributed by atoms with Crippen LogP contribution in [-0.2, 0) is 10.8 Å². The Kier molecular flexibility index (Phi) is 2.58. The molecular weight excluding hydrogens is 164 g/mol. The third-order valence-electron chi connectivity index (χ3n) is 1.41.